The second-order valence-electron chi connectivity index (χ2n) is 3.99. The first kappa shape index (κ1) is 9.46. The van der Waals surface area contributed by atoms with Crippen molar-refractivity contribution in [3.63, 3.8) is 0 Å². The molecule has 1 saturated carbocycles. The molecule has 76 valence electrons. The zero-order valence-electron chi connectivity index (χ0n) is 8.11. The first-order chi connectivity index (χ1) is 6.77. The van der Waals surface area contributed by atoms with Gasteiger partial charge in [0.2, 0.25) is 0 Å². The van der Waals surface area contributed by atoms with E-state index in [-0.39, 0.29) is 11.7 Å². The zero-order chi connectivity index (χ0) is 9.97. The van der Waals surface area contributed by atoms with Crippen molar-refractivity contribution < 1.29 is 9.21 Å². The number of ketones is 1. The van der Waals surface area contributed by atoms with Crippen molar-refractivity contribution in [1.29, 1.82) is 0 Å². The van der Waals surface area contributed by atoms with E-state index in [9.17, 15) is 4.79 Å². The molecule has 1 heterocycles. The topological polar surface area (TPSA) is 56.2 Å². The van der Waals surface area contributed by atoms with Gasteiger partial charge in [-0.05, 0) is 31.7 Å². The summed E-state index contributed by atoms with van der Waals surface area (Å²) in [5.74, 6) is 0.373. The van der Waals surface area contributed by atoms with Gasteiger partial charge >= 0.3 is 0 Å². The summed E-state index contributed by atoms with van der Waals surface area (Å²) in [4.78, 5) is 11.9. The van der Waals surface area contributed by atoms with Gasteiger partial charge in [-0.25, -0.2) is 0 Å². The van der Waals surface area contributed by atoms with E-state index < -0.39 is 0 Å². The molecule has 0 aliphatic heterocycles. The van der Waals surface area contributed by atoms with Gasteiger partial charge in [-0.2, -0.15) is 0 Å². The van der Waals surface area contributed by atoms with E-state index in [0.717, 1.165) is 25.7 Å². The maximum atomic E-state index is 11.9. The van der Waals surface area contributed by atoms with Crippen molar-refractivity contribution in [2.75, 3.05) is 0 Å². The van der Waals surface area contributed by atoms with Crippen LogP contribution < -0.4 is 5.73 Å². The lowest BCUT2D eigenvalue weighted by molar-refractivity contribution is 0.0884. The number of rotatable bonds is 2. The number of nitrogens with two attached hydrogens (primary N) is 1. The van der Waals surface area contributed by atoms with E-state index in [2.05, 4.69) is 0 Å². The van der Waals surface area contributed by atoms with Gasteiger partial charge in [-0.1, -0.05) is 0 Å². The van der Waals surface area contributed by atoms with E-state index >= 15 is 0 Å². The summed E-state index contributed by atoms with van der Waals surface area (Å²) in [7, 11) is 0. The molecule has 0 saturated heterocycles. The third kappa shape index (κ3) is 1.87. The van der Waals surface area contributed by atoms with Gasteiger partial charge in [0.25, 0.3) is 0 Å². The van der Waals surface area contributed by atoms with E-state index in [1.54, 1.807) is 12.3 Å². The third-order valence-electron chi connectivity index (χ3n) is 2.95. The largest absolute Gasteiger partial charge is 0.472 e. The van der Waals surface area contributed by atoms with E-state index in [1.807, 2.05) is 0 Å². The second kappa shape index (κ2) is 3.96. The minimum atomic E-state index is 0.160. The molecular weight excluding hydrogens is 178 g/mol. The summed E-state index contributed by atoms with van der Waals surface area (Å²) in [6.45, 7) is 0. The second-order valence-corrected chi connectivity index (χ2v) is 3.99. The van der Waals surface area contributed by atoms with Crippen LogP contribution in [0.2, 0.25) is 0 Å². The Labute approximate surface area is 83.3 Å². The third-order valence-corrected chi connectivity index (χ3v) is 2.95. The van der Waals surface area contributed by atoms with Crippen LogP contribution in [0.15, 0.2) is 23.0 Å². The summed E-state index contributed by atoms with van der Waals surface area (Å²) in [6, 6.07) is 2.03. The summed E-state index contributed by atoms with van der Waals surface area (Å²) < 4.78 is 4.90. The van der Waals surface area contributed by atoms with Crippen molar-refractivity contribution in [3.8, 4) is 0 Å². The summed E-state index contributed by atoms with van der Waals surface area (Å²) in [5.41, 5.74) is 6.49. The molecule has 0 radical (unpaired) electrons. The fraction of sp³-hybridized carbons (Fsp3) is 0.545. The maximum absolute atomic E-state index is 11.9. The van der Waals surface area contributed by atoms with Crippen LogP contribution in [0, 0.1) is 5.92 Å². The van der Waals surface area contributed by atoms with Crippen molar-refractivity contribution in [2.24, 2.45) is 11.7 Å². The Morgan fingerprint density at radius 3 is 2.64 bits per heavy atom. The molecule has 0 spiro atoms. The monoisotopic (exact) mass is 193 g/mol. The highest BCUT2D eigenvalue weighted by Gasteiger charge is 2.25. The van der Waals surface area contributed by atoms with E-state index in [0.29, 0.717) is 11.6 Å². The number of furan rings is 1. The van der Waals surface area contributed by atoms with Crippen LogP contribution in [0.4, 0.5) is 0 Å². The molecule has 3 heteroatoms. The van der Waals surface area contributed by atoms with Crippen LogP contribution >= 0.6 is 0 Å². The molecule has 2 rings (SSSR count). The Bertz CT molecular complexity index is 297. The Morgan fingerprint density at radius 1 is 1.36 bits per heavy atom. The van der Waals surface area contributed by atoms with Crippen molar-refractivity contribution in [2.45, 2.75) is 31.7 Å². The molecule has 0 aromatic carbocycles. The van der Waals surface area contributed by atoms with Gasteiger partial charge in [0, 0.05) is 12.0 Å². The SMILES string of the molecule is NC1CCC(C(=O)c2ccoc2)CC1. The molecule has 2 N–H and O–H groups in total. The van der Waals surface area contributed by atoms with Crippen LogP contribution in [0.25, 0.3) is 0 Å². The van der Waals surface area contributed by atoms with Gasteiger partial charge in [0.1, 0.15) is 6.26 Å². The minimum absolute atomic E-state index is 0.160. The lowest BCUT2D eigenvalue weighted by Crippen LogP contribution is -2.29. The normalized spacial score (nSPS) is 27.5. The molecule has 1 aliphatic carbocycles. The van der Waals surface area contributed by atoms with Crippen molar-refractivity contribution in [3.05, 3.63) is 24.2 Å². The quantitative estimate of drug-likeness (QED) is 0.730. The molecule has 0 amide bonds. The number of Topliss-reactive ketones (excluding diaryl/α,β-unsaturated/α-hetero) is 1. The number of hydrogen-bond acceptors (Lipinski definition) is 3. The molecule has 14 heavy (non-hydrogen) atoms. The number of hydrogen-bond donors (Lipinski definition) is 1. The first-order valence-corrected chi connectivity index (χ1v) is 5.09. The average Bonchev–Trinajstić information content (AvgIpc) is 2.71. The zero-order valence-corrected chi connectivity index (χ0v) is 8.11. The maximum Gasteiger partial charge on any atom is 0.169 e. The van der Waals surface area contributed by atoms with E-state index in [4.69, 9.17) is 10.2 Å². The smallest absolute Gasteiger partial charge is 0.169 e. The molecule has 1 aromatic rings. The lowest BCUT2D eigenvalue weighted by Gasteiger charge is -2.24. The molecule has 3 nitrogen and oxygen atoms in total. The van der Waals surface area contributed by atoms with Gasteiger partial charge in [0.05, 0.1) is 11.8 Å². The molecule has 1 fully saturated rings. The van der Waals surface area contributed by atoms with Crippen LogP contribution in [0.3, 0.4) is 0 Å². The van der Waals surface area contributed by atoms with Gasteiger partial charge in [-0.15, -0.1) is 0 Å². The molecule has 1 aliphatic rings. The standard InChI is InChI=1S/C11H15NO2/c12-10-3-1-8(2-4-10)11(13)9-5-6-14-7-9/h5-8,10H,1-4,12H2. The highest BCUT2D eigenvalue weighted by atomic mass is 16.3. The Hall–Kier alpha value is -1.09. The molecule has 1 aromatic heterocycles. The van der Waals surface area contributed by atoms with Crippen LogP contribution in [-0.4, -0.2) is 11.8 Å². The Morgan fingerprint density at radius 2 is 2.07 bits per heavy atom. The molecule has 0 unspecified atom stereocenters. The fourth-order valence-corrected chi connectivity index (χ4v) is 2.02. The predicted molar refractivity (Wildman–Crippen MR) is 53.0 cm³/mol. The Kier molecular flexibility index (Phi) is 2.68. The molecule has 0 bridgehead atoms. The summed E-state index contributed by atoms with van der Waals surface area (Å²) in [5, 5.41) is 0. The average molecular weight is 193 g/mol. The number of carbonyl (C=O) groups is 1. The molecular formula is C11H15NO2. The number of carbonyl (C=O) groups excluding carboxylic acids is 1. The Balaban J connectivity index is 1.99. The fourth-order valence-electron chi connectivity index (χ4n) is 2.02. The van der Waals surface area contributed by atoms with Crippen LogP contribution in [-0.2, 0) is 0 Å². The van der Waals surface area contributed by atoms with Gasteiger partial charge in [0.15, 0.2) is 5.78 Å². The summed E-state index contributed by atoms with van der Waals surface area (Å²) in [6.07, 6.45) is 6.84. The highest BCUT2D eigenvalue weighted by Crippen LogP contribution is 2.26. The van der Waals surface area contributed by atoms with Crippen molar-refractivity contribution >= 4 is 5.78 Å². The summed E-state index contributed by atoms with van der Waals surface area (Å²) >= 11 is 0. The lowest BCUT2D eigenvalue weighted by atomic mass is 9.82. The van der Waals surface area contributed by atoms with Crippen LogP contribution in [0.5, 0.6) is 0 Å². The first-order valence-electron chi connectivity index (χ1n) is 5.09. The van der Waals surface area contributed by atoms with Crippen LogP contribution in [0.1, 0.15) is 36.0 Å². The van der Waals surface area contributed by atoms with E-state index in [1.165, 1.54) is 6.26 Å². The molecule has 0 atom stereocenters. The predicted octanol–water partition coefficient (Wildman–Crippen LogP) is 1.98. The minimum Gasteiger partial charge on any atom is -0.472 e. The van der Waals surface area contributed by atoms with Crippen molar-refractivity contribution in [1.82, 2.24) is 0 Å². The highest BCUT2D eigenvalue weighted by molar-refractivity contribution is 5.97. The van der Waals surface area contributed by atoms with Gasteiger partial charge in [-0.3, -0.25) is 4.79 Å². The van der Waals surface area contributed by atoms with Gasteiger partial charge < -0.3 is 10.2 Å².